The molecule has 31 heavy (non-hydrogen) atoms. The van der Waals surface area contributed by atoms with Crippen molar-refractivity contribution in [2.45, 2.75) is 25.6 Å². The van der Waals surface area contributed by atoms with E-state index in [1.54, 1.807) is 11.3 Å². The fraction of sp³-hybridized carbons (Fsp3) is 0.320. The molecule has 4 rings (SSSR count). The van der Waals surface area contributed by atoms with Gasteiger partial charge >= 0.3 is 0 Å². The van der Waals surface area contributed by atoms with Crippen LogP contribution in [0.25, 0.3) is 0 Å². The minimum absolute atomic E-state index is 0.0723. The number of halogens is 1. The average Bonchev–Trinajstić information content (AvgIpc) is 3.30. The van der Waals surface area contributed by atoms with E-state index in [2.05, 4.69) is 69.9 Å². The van der Waals surface area contributed by atoms with Crippen LogP contribution in [0.1, 0.15) is 33.8 Å². The van der Waals surface area contributed by atoms with Gasteiger partial charge in [-0.1, -0.05) is 36.4 Å². The lowest BCUT2D eigenvalue weighted by Gasteiger charge is -2.41. The summed E-state index contributed by atoms with van der Waals surface area (Å²) in [6.45, 7) is 6.92. The summed E-state index contributed by atoms with van der Waals surface area (Å²) in [6, 6.07) is 20.5. The summed E-state index contributed by atoms with van der Waals surface area (Å²) in [4.78, 5) is 18.9. The molecule has 0 bridgehead atoms. The van der Waals surface area contributed by atoms with Crippen LogP contribution < -0.4 is 5.32 Å². The first-order valence-electron chi connectivity index (χ1n) is 10.7. The largest absolute Gasteiger partial charge is 0.348 e. The lowest BCUT2D eigenvalue weighted by atomic mass is 10.0. The summed E-state index contributed by atoms with van der Waals surface area (Å²) in [5.74, 6) is -0.508. The number of nitrogens with zero attached hydrogens (tertiary/aromatic N) is 2. The molecule has 1 N–H and O–H groups in total. The second-order valence-corrected chi connectivity index (χ2v) is 9.01. The Morgan fingerprint density at radius 3 is 2.35 bits per heavy atom. The van der Waals surface area contributed by atoms with Crippen LogP contribution in [-0.4, -0.2) is 47.9 Å². The van der Waals surface area contributed by atoms with Crippen molar-refractivity contribution >= 4 is 17.2 Å². The first kappa shape index (κ1) is 21.7. The van der Waals surface area contributed by atoms with E-state index in [-0.39, 0.29) is 23.8 Å². The van der Waals surface area contributed by atoms with Crippen LogP contribution in [0.2, 0.25) is 0 Å². The van der Waals surface area contributed by atoms with Crippen molar-refractivity contribution in [2.75, 3.05) is 26.2 Å². The number of rotatable bonds is 7. The third kappa shape index (κ3) is 5.58. The van der Waals surface area contributed by atoms with Gasteiger partial charge in [-0.25, -0.2) is 4.39 Å². The summed E-state index contributed by atoms with van der Waals surface area (Å²) >= 11 is 1.73. The second-order valence-electron chi connectivity index (χ2n) is 8.03. The molecule has 1 aromatic heterocycles. The number of benzene rings is 2. The van der Waals surface area contributed by atoms with Gasteiger partial charge in [0.15, 0.2) is 0 Å². The van der Waals surface area contributed by atoms with Crippen LogP contribution >= 0.6 is 11.3 Å². The molecule has 0 radical (unpaired) electrons. The molecule has 2 heterocycles. The van der Waals surface area contributed by atoms with E-state index in [0.29, 0.717) is 5.56 Å². The van der Waals surface area contributed by atoms with Crippen LogP contribution in [0.3, 0.4) is 0 Å². The number of hydrogen-bond acceptors (Lipinski definition) is 4. The molecular formula is C25H28FN3OS. The zero-order valence-electron chi connectivity index (χ0n) is 17.7. The van der Waals surface area contributed by atoms with Crippen LogP contribution in [-0.2, 0) is 6.54 Å². The van der Waals surface area contributed by atoms with E-state index in [1.165, 1.54) is 34.7 Å². The summed E-state index contributed by atoms with van der Waals surface area (Å²) in [7, 11) is 0. The molecule has 4 nitrogen and oxygen atoms in total. The zero-order chi connectivity index (χ0) is 21.6. The van der Waals surface area contributed by atoms with E-state index in [0.717, 1.165) is 32.7 Å². The van der Waals surface area contributed by atoms with Crippen molar-refractivity contribution in [3.63, 3.8) is 0 Å². The van der Waals surface area contributed by atoms with Gasteiger partial charge < -0.3 is 5.32 Å². The molecule has 3 aromatic rings. The minimum atomic E-state index is -0.338. The summed E-state index contributed by atoms with van der Waals surface area (Å²) in [6.07, 6.45) is 0. The van der Waals surface area contributed by atoms with E-state index < -0.39 is 0 Å². The van der Waals surface area contributed by atoms with Crippen molar-refractivity contribution < 1.29 is 9.18 Å². The molecule has 6 heteroatoms. The van der Waals surface area contributed by atoms with Gasteiger partial charge in [0, 0.05) is 49.2 Å². The molecule has 1 aliphatic heterocycles. The normalized spacial score (nSPS) is 17.2. The van der Waals surface area contributed by atoms with Crippen LogP contribution in [0.4, 0.5) is 4.39 Å². The molecule has 0 spiro atoms. The molecule has 162 valence electrons. The number of piperazine rings is 1. The smallest absolute Gasteiger partial charge is 0.251 e. The van der Waals surface area contributed by atoms with Gasteiger partial charge in [0.25, 0.3) is 5.91 Å². The standard InChI is InChI=1S/C25H28FN3OS/c1-19(27-25(30)21-9-11-22(26)12-10-21)24(23-8-5-17-31-23)29-15-13-28(14-16-29)18-20-6-3-2-4-7-20/h2-12,17,19,24H,13-16,18H2,1H3,(H,27,30)/t19-,24+/m0/s1. The number of carbonyl (C=O) groups is 1. The van der Waals surface area contributed by atoms with Crippen LogP contribution in [0, 0.1) is 5.82 Å². The Morgan fingerprint density at radius 2 is 1.71 bits per heavy atom. The maximum atomic E-state index is 13.2. The highest BCUT2D eigenvalue weighted by Gasteiger charge is 2.31. The highest BCUT2D eigenvalue weighted by atomic mass is 32.1. The SMILES string of the molecule is C[C@H](NC(=O)c1ccc(F)cc1)[C@H](c1cccs1)N1CCN(Cc2ccccc2)CC1. The number of amides is 1. The lowest BCUT2D eigenvalue weighted by molar-refractivity contribution is 0.0714. The van der Waals surface area contributed by atoms with Crippen molar-refractivity contribution in [3.8, 4) is 0 Å². The molecule has 1 fully saturated rings. The maximum Gasteiger partial charge on any atom is 0.251 e. The Balaban J connectivity index is 1.41. The molecule has 0 aliphatic carbocycles. The van der Waals surface area contributed by atoms with Crippen molar-refractivity contribution in [3.05, 3.63) is 93.9 Å². The third-order valence-corrected chi connectivity index (χ3v) is 6.77. The molecular weight excluding hydrogens is 409 g/mol. The van der Waals surface area contributed by atoms with Gasteiger partial charge in [-0.15, -0.1) is 11.3 Å². The molecule has 1 aliphatic rings. The topological polar surface area (TPSA) is 35.6 Å². The van der Waals surface area contributed by atoms with Crippen LogP contribution in [0.15, 0.2) is 72.1 Å². The number of nitrogens with one attached hydrogen (secondary N) is 1. The highest BCUT2D eigenvalue weighted by Crippen LogP contribution is 2.29. The fourth-order valence-electron chi connectivity index (χ4n) is 4.21. The number of hydrogen-bond donors (Lipinski definition) is 1. The van der Waals surface area contributed by atoms with Crippen molar-refractivity contribution in [2.24, 2.45) is 0 Å². The van der Waals surface area contributed by atoms with E-state index in [4.69, 9.17) is 0 Å². The third-order valence-electron chi connectivity index (χ3n) is 5.82. The molecule has 1 saturated heterocycles. The molecule has 2 aromatic carbocycles. The Labute approximate surface area is 187 Å². The first-order valence-corrected chi connectivity index (χ1v) is 11.6. The monoisotopic (exact) mass is 437 g/mol. The predicted molar refractivity (Wildman–Crippen MR) is 124 cm³/mol. The van der Waals surface area contributed by atoms with E-state index in [9.17, 15) is 9.18 Å². The molecule has 0 saturated carbocycles. The van der Waals surface area contributed by atoms with Crippen molar-refractivity contribution in [1.82, 2.24) is 15.1 Å². The zero-order valence-corrected chi connectivity index (χ0v) is 18.5. The maximum absolute atomic E-state index is 13.2. The molecule has 2 atom stereocenters. The Morgan fingerprint density at radius 1 is 1.00 bits per heavy atom. The Bertz CT molecular complexity index is 954. The fourth-order valence-corrected chi connectivity index (χ4v) is 5.18. The quantitative estimate of drug-likeness (QED) is 0.588. The molecule has 1 amide bonds. The highest BCUT2D eigenvalue weighted by molar-refractivity contribution is 7.10. The van der Waals surface area contributed by atoms with Gasteiger partial charge in [0.2, 0.25) is 0 Å². The first-order chi connectivity index (χ1) is 15.1. The Hall–Kier alpha value is -2.54. The second kappa shape index (κ2) is 10.2. The predicted octanol–water partition coefficient (Wildman–Crippen LogP) is 4.56. The Kier molecular flexibility index (Phi) is 7.12. The summed E-state index contributed by atoms with van der Waals surface area (Å²) < 4.78 is 13.2. The van der Waals surface area contributed by atoms with Gasteiger partial charge in [-0.3, -0.25) is 14.6 Å². The van der Waals surface area contributed by atoms with Gasteiger partial charge in [0.1, 0.15) is 5.82 Å². The van der Waals surface area contributed by atoms with Gasteiger partial charge in [-0.05, 0) is 48.2 Å². The van der Waals surface area contributed by atoms with Crippen LogP contribution in [0.5, 0.6) is 0 Å². The number of carbonyl (C=O) groups excluding carboxylic acids is 1. The summed E-state index contributed by atoms with van der Waals surface area (Å²) in [5, 5.41) is 5.23. The van der Waals surface area contributed by atoms with Crippen molar-refractivity contribution in [1.29, 1.82) is 0 Å². The van der Waals surface area contributed by atoms with Gasteiger partial charge in [-0.2, -0.15) is 0 Å². The van der Waals surface area contributed by atoms with E-state index in [1.807, 2.05) is 0 Å². The molecule has 0 unspecified atom stereocenters. The van der Waals surface area contributed by atoms with Gasteiger partial charge in [0.05, 0.1) is 6.04 Å². The lowest BCUT2D eigenvalue weighted by Crippen LogP contribution is -2.52. The summed E-state index contributed by atoms with van der Waals surface area (Å²) in [5.41, 5.74) is 1.82. The average molecular weight is 438 g/mol. The minimum Gasteiger partial charge on any atom is -0.348 e. The number of thiophene rings is 1. The van der Waals surface area contributed by atoms with E-state index >= 15 is 0 Å².